The molecule has 9 heteroatoms. The second-order valence-electron chi connectivity index (χ2n) is 3.19. The molecule has 0 spiro atoms. The Bertz CT molecular complexity index is 573. The molecule has 1 aromatic rings. The second-order valence-corrected chi connectivity index (χ2v) is 4.88. The molecule has 0 saturated carbocycles. The van der Waals surface area contributed by atoms with Crippen LogP contribution in [0.15, 0.2) is 20.7 Å². The van der Waals surface area contributed by atoms with Crippen LogP contribution in [0.4, 0.5) is 0 Å². The van der Waals surface area contributed by atoms with Gasteiger partial charge >= 0.3 is 5.69 Å². The molecule has 8 nitrogen and oxygen atoms in total. The minimum absolute atomic E-state index is 0.0977. The van der Waals surface area contributed by atoms with Gasteiger partial charge in [-0.1, -0.05) is 0 Å². The molecule has 0 fully saturated rings. The summed E-state index contributed by atoms with van der Waals surface area (Å²) >= 11 is 0. The smallest absolute Gasteiger partial charge is 0.325 e. The summed E-state index contributed by atoms with van der Waals surface area (Å²) in [6.07, 6.45) is 0.840. The van der Waals surface area contributed by atoms with Crippen molar-refractivity contribution >= 4 is 10.0 Å². The van der Waals surface area contributed by atoms with Crippen LogP contribution in [0.5, 0.6) is 0 Å². The predicted molar refractivity (Wildman–Crippen MR) is 56.5 cm³/mol. The van der Waals surface area contributed by atoms with Gasteiger partial charge in [0.05, 0.1) is 0 Å². The average Bonchev–Trinajstić information content (AvgIpc) is 2.16. The summed E-state index contributed by atoms with van der Waals surface area (Å²) in [5, 5.41) is 0. The first kappa shape index (κ1) is 12.6. The van der Waals surface area contributed by atoms with Gasteiger partial charge < -0.3 is 10.7 Å². The van der Waals surface area contributed by atoms with Crippen molar-refractivity contribution in [3.05, 3.63) is 27.0 Å². The third kappa shape index (κ3) is 2.78. The molecule has 0 aromatic carbocycles. The van der Waals surface area contributed by atoms with Crippen molar-refractivity contribution in [3.8, 4) is 0 Å². The SMILES string of the molecule is C[C@H](CN)NS(=O)(=O)c1c[nH]c(=O)[nH]c1=O. The van der Waals surface area contributed by atoms with Gasteiger partial charge in [0.1, 0.15) is 0 Å². The first-order chi connectivity index (χ1) is 7.36. The fourth-order valence-electron chi connectivity index (χ4n) is 0.974. The van der Waals surface area contributed by atoms with Gasteiger partial charge in [-0.05, 0) is 6.92 Å². The van der Waals surface area contributed by atoms with Gasteiger partial charge in [0.25, 0.3) is 5.56 Å². The van der Waals surface area contributed by atoms with Crippen molar-refractivity contribution in [2.24, 2.45) is 5.73 Å². The lowest BCUT2D eigenvalue weighted by Crippen LogP contribution is -2.40. The summed E-state index contributed by atoms with van der Waals surface area (Å²) in [5.41, 5.74) is 3.51. The summed E-state index contributed by atoms with van der Waals surface area (Å²) in [6.45, 7) is 1.65. The number of hydrogen-bond acceptors (Lipinski definition) is 5. The van der Waals surface area contributed by atoms with Crippen LogP contribution in [0.1, 0.15) is 6.92 Å². The molecule has 1 aromatic heterocycles. The standard InChI is InChI=1S/C7H12N4O4S/c1-4(2-8)11-16(14,15)5-3-9-7(13)10-6(5)12/h3-4,11H,2,8H2,1H3,(H2,9,10,12,13)/t4-/m1/s1. The van der Waals surface area contributed by atoms with Crippen LogP contribution in [0.25, 0.3) is 0 Å². The number of aromatic nitrogens is 2. The van der Waals surface area contributed by atoms with E-state index in [1.54, 1.807) is 6.92 Å². The van der Waals surface area contributed by atoms with E-state index in [9.17, 15) is 18.0 Å². The molecule has 1 rings (SSSR count). The summed E-state index contributed by atoms with van der Waals surface area (Å²) in [5.74, 6) is 0. The van der Waals surface area contributed by atoms with Crippen molar-refractivity contribution < 1.29 is 8.42 Å². The van der Waals surface area contributed by atoms with Crippen molar-refractivity contribution in [3.63, 3.8) is 0 Å². The van der Waals surface area contributed by atoms with Crippen LogP contribution in [0, 0.1) is 0 Å². The summed E-state index contributed by atoms with van der Waals surface area (Å²) in [7, 11) is -3.96. The molecule has 16 heavy (non-hydrogen) atoms. The highest BCUT2D eigenvalue weighted by molar-refractivity contribution is 7.89. The van der Waals surface area contributed by atoms with Gasteiger partial charge in [0.2, 0.25) is 10.0 Å². The number of nitrogens with one attached hydrogen (secondary N) is 3. The molecular weight excluding hydrogens is 236 g/mol. The Morgan fingerprint density at radius 3 is 2.62 bits per heavy atom. The maximum Gasteiger partial charge on any atom is 0.325 e. The van der Waals surface area contributed by atoms with E-state index in [4.69, 9.17) is 5.73 Å². The number of sulfonamides is 1. The molecule has 1 atom stereocenters. The van der Waals surface area contributed by atoms with Crippen LogP contribution >= 0.6 is 0 Å². The summed E-state index contributed by atoms with van der Waals surface area (Å²) in [4.78, 5) is 25.3. The highest BCUT2D eigenvalue weighted by Crippen LogP contribution is 1.98. The van der Waals surface area contributed by atoms with Gasteiger partial charge in [-0.15, -0.1) is 0 Å². The van der Waals surface area contributed by atoms with Gasteiger partial charge in [0.15, 0.2) is 4.90 Å². The molecular formula is C7H12N4O4S. The van der Waals surface area contributed by atoms with Gasteiger partial charge in [-0.25, -0.2) is 17.9 Å². The van der Waals surface area contributed by atoms with E-state index in [0.717, 1.165) is 6.20 Å². The number of rotatable bonds is 4. The first-order valence-corrected chi connectivity index (χ1v) is 5.89. The second kappa shape index (κ2) is 4.60. The molecule has 0 bridgehead atoms. The maximum atomic E-state index is 11.6. The van der Waals surface area contributed by atoms with E-state index in [0.29, 0.717) is 0 Å². The van der Waals surface area contributed by atoms with E-state index in [1.165, 1.54) is 0 Å². The molecule has 0 saturated heterocycles. The Labute approximate surface area is 90.9 Å². The minimum atomic E-state index is -3.96. The number of aromatic amines is 2. The Morgan fingerprint density at radius 1 is 1.50 bits per heavy atom. The maximum absolute atomic E-state index is 11.6. The lowest BCUT2D eigenvalue weighted by atomic mass is 10.4. The van der Waals surface area contributed by atoms with Crippen LogP contribution in [0.3, 0.4) is 0 Å². The lowest BCUT2D eigenvalue weighted by Gasteiger charge is -2.10. The molecule has 0 aliphatic rings. The van der Waals surface area contributed by atoms with E-state index in [-0.39, 0.29) is 6.54 Å². The molecule has 0 amide bonds. The zero-order valence-electron chi connectivity index (χ0n) is 8.48. The fraction of sp³-hybridized carbons (Fsp3) is 0.429. The molecule has 1 heterocycles. The third-order valence-corrected chi connectivity index (χ3v) is 3.38. The molecule has 90 valence electrons. The molecule has 0 unspecified atom stereocenters. The van der Waals surface area contributed by atoms with Crippen molar-refractivity contribution in [2.75, 3.05) is 6.54 Å². The zero-order chi connectivity index (χ0) is 12.3. The van der Waals surface area contributed by atoms with Gasteiger partial charge in [-0.3, -0.25) is 9.78 Å². The van der Waals surface area contributed by atoms with Crippen LogP contribution in [-0.2, 0) is 10.0 Å². The quantitative estimate of drug-likeness (QED) is 0.474. The molecule has 0 aliphatic carbocycles. The molecule has 5 N–H and O–H groups in total. The Hall–Kier alpha value is -1.45. The fourth-order valence-corrected chi connectivity index (χ4v) is 2.24. The van der Waals surface area contributed by atoms with Crippen molar-refractivity contribution in [2.45, 2.75) is 17.9 Å². The average molecular weight is 248 g/mol. The van der Waals surface area contributed by atoms with Gasteiger partial charge in [-0.2, -0.15) is 0 Å². The molecule has 0 aliphatic heterocycles. The summed E-state index contributed by atoms with van der Waals surface area (Å²) in [6, 6.07) is -0.503. The Kier molecular flexibility index (Phi) is 3.62. The van der Waals surface area contributed by atoms with Crippen LogP contribution in [-0.4, -0.2) is 31.0 Å². The van der Waals surface area contributed by atoms with E-state index < -0.39 is 32.2 Å². The molecule has 0 radical (unpaired) electrons. The number of nitrogens with two attached hydrogens (primary N) is 1. The zero-order valence-corrected chi connectivity index (χ0v) is 9.30. The van der Waals surface area contributed by atoms with Crippen molar-refractivity contribution in [1.82, 2.24) is 14.7 Å². The Morgan fingerprint density at radius 2 is 2.12 bits per heavy atom. The highest BCUT2D eigenvalue weighted by Gasteiger charge is 2.20. The normalized spacial score (nSPS) is 13.6. The van der Waals surface area contributed by atoms with Crippen LogP contribution in [0.2, 0.25) is 0 Å². The Balaban J connectivity index is 3.18. The minimum Gasteiger partial charge on any atom is -0.329 e. The van der Waals surface area contributed by atoms with E-state index in [2.05, 4.69) is 9.71 Å². The first-order valence-electron chi connectivity index (χ1n) is 4.41. The van der Waals surface area contributed by atoms with Crippen LogP contribution < -0.4 is 21.7 Å². The summed E-state index contributed by atoms with van der Waals surface area (Å²) < 4.78 is 25.4. The van der Waals surface area contributed by atoms with Gasteiger partial charge in [0, 0.05) is 18.8 Å². The topological polar surface area (TPSA) is 138 Å². The third-order valence-electron chi connectivity index (χ3n) is 1.78. The monoisotopic (exact) mass is 248 g/mol. The van der Waals surface area contributed by atoms with Crippen molar-refractivity contribution in [1.29, 1.82) is 0 Å². The van der Waals surface area contributed by atoms with E-state index in [1.807, 2.05) is 4.98 Å². The number of H-pyrrole nitrogens is 2. The lowest BCUT2D eigenvalue weighted by molar-refractivity contribution is 0.560. The number of hydrogen-bond donors (Lipinski definition) is 4. The van der Waals surface area contributed by atoms with E-state index >= 15 is 0 Å². The predicted octanol–water partition coefficient (Wildman–Crippen LogP) is -2.31. The largest absolute Gasteiger partial charge is 0.329 e. The highest BCUT2D eigenvalue weighted by atomic mass is 32.2.